The van der Waals surface area contributed by atoms with Gasteiger partial charge in [0.1, 0.15) is 19.8 Å². The van der Waals surface area contributed by atoms with Gasteiger partial charge in [0.25, 0.3) is 5.89 Å². The van der Waals surface area contributed by atoms with Gasteiger partial charge in [-0.15, -0.1) is 0 Å². The Morgan fingerprint density at radius 3 is 2.79 bits per heavy atom. The molecule has 1 aliphatic carbocycles. The minimum atomic E-state index is -1.02. The third-order valence-corrected chi connectivity index (χ3v) is 2.63. The van der Waals surface area contributed by atoms with Gasteiger partial charge < -0.3 is 19.3 Å². The number of aryl methyl sites for hydroxylation is 1. The molecular weight excluding hydrogens is 254 g/mol. The summed E-state index contributed by atoms with van der Waals surface area (Å²) in [7, 11) is 0. The van der Waals surface area contributed by atoms with Crippen molar-refractivity contribution in [2.24, 2.45) is 0 Å². The summed E-state index contributed by atoms with van der Waals surface area (Å²) < 4.78 is 9.98. The number of carbonyl (C=O) groups excluding carboxylic acids is 1. The molecule has 1 fully saturated rings. The zero-order valence-corrected chi connectivity index (χ0v) is 10.5. The molecule has 2 rings (SSSR count). The first kappa shape index (κ1) is 13.5. The van der Waals surface area contributed by atoms with Crippen LogP contribution in [0.25, 0.3) is 0 Å². The van der Waals surface area contributed by atoms with E-state index < -0.39 is 5.97 Å². The van der Waals surface area contributed by atoms with Crippen LogP contribution < -0.4 is 0 Å². The fourth-order valence-electron chi connectivity index (χ4n) is 1.66. The van der Waals surface area contributed by atoms with Crippen molar-refractivity contribution < 1.29 is 24.0 Å². The Balaban J connectivity index is 1.77. The number of carboxylic acid groups (broad SMARTS) is 1. The fraction of sp³-hybridized carbons (Fsp3) is 0.636. The molecule has 0 spiro atoms. The van der Waals surface area contributed by atoms with Crippen molar-refractivity contribution in [2.75, 3.05) is 13.2 Å². The molecule has 0 aromatic carbocycles. The molecule has 1 saturated carbocycles. The van der Waals surface area contributed by atoms with E-state index in [2.05, 4.69) is 10.1 Å². The summed E-state index contributed by atoms with van der Waals surface area (Å²) in [6.45, 7) is 1.25. The number of rotatable bonds is 7. The highest BCUT2D eigenvalue weighted by molar-refractivity contribution is 5.82. The first-order valence-electron chi connectivity index (χ1n) is 5.94. The summed E-state index contributed by atoms with van der Waals surface area (Å²) in [5.74, 6) is -0.564. The van der Waals surface area contributed by atoms with Crippen LogP contribution in [0, 0.1) is 6.92 Å². The summed E-state index contributed by atoms with van der Waals surface area (Å²) >= 11 is 0. The smallest absolute Gasteiger partial charge is 0.323 e. The number of ether oxygens (including phenoxy) is 1. The molecule has 1 amide bonds. The van der Waals surface area contributed by atoms with Crippen molar-refractivity contribution in [1.82, 2.24) is 15.0 Å². The molecule has 0 unspecified atom stereocenters. The first-order valence-corrected chi connectivity index (χ1v) is 5.94. The first-order chi connectivity index (χ1) is 9.06. The Bertz CT molecular complexity index is 469. The third-order valence-electron chi connectivity index (χ3n) is 2.63. The van der Waals surface area contributed by atoms with Crippen LogP contribution >= 0.6 is 0 Å². The van der Waals surface area contributed by atoms with E-state index in [9.17, 15) is 9.59 Å². The molecular formula is C11H15N3O5. The van der Waals surface area contributed by atoms with Crippen molar-refractivity contribution in [3.05, 3.63) is 11.7 Å². The molecule has 0 saturated heterocycles. The predicted molar refractivity (Wildman–Crippen MR) is 61.1 cm³/mol. The molecule has 1 aliphatic rings. The molecule has 8 heteroatoms. The third kappa shape index (κ3) is 4.02. The van der Waals surface area contributed by atoms with Crippen LogP contribution in [-0.4, -0.2) is 51.2 Å². The van der Waals surface area contributed by atoms with Crippen molar-refractivity contribution in [3.8, 4) is 0 Å². The molecule has 1 aromatic heterocycles. The van der Waals surface area contributed by atoms with Crippen LogP contribution in [0.15, 0.2) is 4.52 Å². The quantitative estimate of drug-likeness (QED) is 0.740. The predicted octanol–water partition coefficient (Wildman–Crippen LogP) is -0.0298. The summed E-state index contributed by atoms with van der Waals surface area (Å²) in [6.07, 6.45) is 1.70. The van der Waals surface area contributed by atoms with Gasteiger partial charge in [-0.25, -0.2) is 0 Å². The number of carboxylic acids is 1. The normalized spacial score (nSPS) is 14.4. The van der Waals surface area contributed by atoms with Crippen LogP contribution in [0.1, 0.15) is 24.6 Å². The van der Waals surface area contributed by atoms with Crippen LogP contribution in [0.5, 0.6) is 0 Å². The van der Waals surface area contributed by atoms with Gasteiger partial charge in [-0.1, -0.05) is 5.16 Å². The lowest BCUT2D eigenvalue weighted by atomic mass is 10.4. The summed E-state index contributed by atoms with van der Waals surface area (Å²) in [6, 6.07) is 0.0397. The topological polar surface area (TPSA) is 106 Å². The van der Waals surface area contributed by atoms with Gasteiger partial charge in [-0.3, -0.25) is 9.59 Å². The minimum Gasteiger partial charge on any atom is -0.480 e. The highest BCUT2D eigenvalue weighted by Crippen LogP contribution is 2.26. The van der Waals surface area contributed by atoms with Crippen molar-refractivity contribution in [2.45, 2.75) is 32.4 Å². The minimum absolute atomic E-state index is 0.0397. The van der Waals surface area contributed by atoms with E-state index in [4.69, 9.17) is 14.4 Å². The molecule has 104 valence electrons. The van der Waals surface area contributed by atoms with Crippen LogP contribution in [0.2, 0.25) is 0 Å². The second kappa shape index (κ2) is 5.79. The molecule has 8 nitrogen and oxygen atoms in total. The van der Waals surface area contributed by atoms with Gasteiger partial charge in [0.2, 0.25) is 5.91 Å². The monoisotopic (exact) mass is 269 g/mol. The number of nitrogens with zero attached hydrogens (tertiary/aromatic N) is 3. The lowest BCUT2D eigenvalue weighted by Gasteiger charge is -2.19. The summed E-state index contributed by atoms with van der Waals surface area (Å²) in [4.78, 5) is 27.8. The highest BCUT2D eigenvalue weighted by atomic mass is 16.5. The number of carbonyl (C=O) groups is 2. The van der Waals surface area contributed by atoms with E-state index in [1.54, 1.807) is 6.92 Å². The number of hydrogen-bond acceptors (Lipinski definition) is 6. The number of aromatic nitrogens is 2. The Hall–Kier alpha value is -1.96. The average Bonchev–Trinajstić information content (AvgIpc) is 3.10. The molecule has 1 heterocycles. The lowest BCUT2D eigenvalue weighted by molar-refractivity contribution is -0.147. The molecule has 19 heavy (non-hydrogen) atoms. The van der Waals surface area contributed by atoms with Crippen molar-refractivity contribution in [1.29, 1.82) is 0 Å². The van der Waals surface area contributed by atoms with E-state index in [-0.39, 0.29) is 31.7 Å². The van der Waals surface area contributed by atoms with Crippen molar-refractivity contribution >= 4 is 11.9 Å². The molecule has 0 radical (unpaired) electrons. The number of amides is 1. The lowest BCUT2D eigenvalue weighted by Crippen LogP contribution is -2.39. The molecule has 0 aliphatic heterocycles. The highest BCUT2D eigenvalue weighted by Gasteiger charge is 2.33. The Kier molecular flexibility index (Phi) is 4.10. The zero-order chi connectivity index (χ0) is 13.8. The maximum atomic E-state index is 11.8. The number of hydrogen-bond donors (Lipinski definition) is 1. The summed E-state index contributed by atoms with van der Waals surface area (Å²) in [5, 5.41) is 12.3. The van der Waals surface area contributed by atoms with Gasteiger partial charge in [-0.05, 0) is 19.8 Å². The van der Waals surface area contributed by atoms with Gasteiger partial charge in [-0.2, -0.15) is 4.98 Å². The number of aliphatic carboxylic acids is 1. The maximum absolute atomic E-state index is 11.8. The van der Waals surface area contributed by atoms with E-state index in [1.807, 2.05) is 0 Å². The molecule has 0 bridgehead atoms. The van der Waals surface area contributed by atoms with E-state index in [0.29, 0.717) is 11.7 Å². The fourth-order valence-corrected chi connectivity index (χ4v) is 1.66. The van der Waals surface area contributed by atoms with E-state index in [0.717, 1.165) is 12.8 Å². The molecule has 1 N–H and O–H groups in total. The standard InChI is InChI=1S/C11H15N3O5/c1-7-12-9(19-13-7)5-18-6-10(15)14(4-11(16)17)8-2-3-8/h8H,2-6H2,1H3,(H,16,17). The maximum Gasteiger partial charge on any atom is 0.323 e. The Morgan fingerprint density at radius 2 is 2.26 bits per heavy atom. The molecule has 0 atom stereocenters. The van der Waals surface area contributed by atoms with Crippen LogP contribution in [0.4, 0.5) is 0 Å². The van der Waals surface area contributed by atoms with Crippen LogP contribution in [-0.2, 0) is 20.9 Å². The second-order valence-corrected chi connectivity index (χ2v) is 4.37. The van der Waals surface area contributed by atoms with Crippen molar-refractivity contribution in [3.63, 3.8) is 0 Å². The molecule has 1 aromatic rings. The Morgan fingerprint density at radius 1 is 1.53 bits per heavy atom. The van der Waals surface area contributed by atoms with E-state index in [1.165, 1.54) is 4.90 Å². The largest absolute Gasteiger partial charge is 0.480 e. The Labute approximate surface area is 109 Å². The van der Waals surface area contributed by atoms with Gasteiger partial charge in [0.15, 0.2) is 5.82 Å². The second-order valence-electron chi connectivity index (χ2n) is 4.37. The van der Waals surface area contributed by atoms with Gasteiger partial charge in [0, 0.05) is 6.04 Å². The van der Waals surface area contributed by atoms with Gasteiger partial charge >= 0.3 is 5.97 Å². The van der Waals surface area contributed by atoms with E-state index >= 15 is 0 Å². The SMILES string of the molecule is Cc1noc(COCC(=O)N(CC(=O)O)C2CC2)n1. The summed E-state index contributed by atoms with van der Waals surface area (Å²) in [5.41, 5.74) is 0. The average molecular weight is 269 g/mol. The van der Waals surface area contributed by atoms with Gasteiger partial charge in [0.05, 0.1) is 0 Å². The van der Waals surface area contributed by atoms with Crippen LogP contribution in [0.3, 0.4) is 0 Å². The zero-order valence-electron chi connectivity index (χ0n) is 10.5.